The predicted octanol–water partition coefficient (Wildman–Crippen LogP) is 3.38. The van der Waals surface area contributed by atoms with Crippen molar-refractivity contribution in [3.8, 4) is 0 Å². The van der Waals surface area contributed by atoms with Gasteiger partial charge in [-0.2, -0.15) is 11.8 Å². The molecule has 2 rings (SSSR count). The summed E-state index contributed by atoms with van der Waals surface area (Å²) in [6.45, 7) is 0.167. The van der Waals surface area contributed by atoms with Crippen molar-refractivity contribution in [1.29, 1.82) is 0 Å². The van der Waals surface area contributed by atoms with Crippen LogP contribution in [-0.4, -0.2) is 46.2 Å². The third-order valence-electron chi connectivity index (χ3n) is 3.80. The monoisotopic (exact) mass is 337 g/mol. The lowest BCUT2D eigenvalue weighted by molar-refractivity contribution is -0.143. The molecule has 0 bridgehead atoms. The number of thioether (sulfide) groups is 1. The Bertz CT molecular complexity index is 519. The quantitative estimate of drug-likeness (QED) is 0.700. The minimum absolute atomic E-state index is 0.00801. The number of benzene rings is 1. The van der Waals surface area contributed by atoms with E-state index in [0.29, 0.717) is 6.42 Å². The van der Waals surface area contributed by atoms with Crippen molar-refractivity contribution < 1.29 is 19.4 Å². The number of hydrogen-bond donors (Lipinski definition) is 1. The second-order valence-corrected chi connectivity index (χ2v) is 6.65. The van der Waals surface area contributed by atoms with E-state index in [1.807, 2.05) is 36.6 Å². The second-order valence-electron chi connectivity index (χ2n) is 5.67. The zero-order chi connectivity index (χ0) is 16.7. The van der Waals surface area contributed by atoms with Crippen molar-refractivity contribution in [3.05, 3.63) is 35.9 Å². The van der Waals surface area contributed by atoms with Crippen LogP contribution in [0.5, 0.6) is 0 Å². The maximum atomic E-state index is 12.4. The molecule has 1 saturated carbocycles. The molecule has 1 aromatic rings. The minimum Gasteiger partial charge on any atom is -0.480 e. The van der Waals surface area contributed by atoms with E-state index in [1.54, 1.807) is 11.8 Å². The van der Waals surface area contributed by atoms with E-state index in [0.717, 1.165) is 30.6 Å². The summed E-state index contributed by atoms with van der Waals surface area (Å²) in [7, 11) is 0. The average molecular weight is 337 g/mol. The summed E-state index contributed by atoms with van der Waals surface area (Å²) in [5.74, 6) is -0.0592. The standard InChI is InChI=1S/C17H23NO4S/c1-23-11-5-8-15(16(19)20)18(14-9-10-14)17(21)22-12-13-6-3-2-4-7-13/h2-4,6-7,14-15H,5,8-12H2,1H3,(H,19,20). The normalized spacial score (nSPS) is 15.0. The van der Waals surface area contributed by atoms with Gasteiger partial charge >= 0.3 is 12.1 Å². The van der Waals surface area contributed by atoms with Gasteiger partial charge in [-0.15, -0.1) is 0 Å². The summed E-state index contributed by atoms with van der Waals surface area (Å²) in [5.41, 5.74) is 0.894. The molecule has 0 aromatic heterocycles. The van der Waals surface area contributed by atoms with E-state index >= 15 is 0 Å². The Morgan fingerprint density at radius 2 is 2.04 bits per heavy atom. The maximum Gasteiger partial charge on any atom is 0.411 e. The molecule has 23 heavy (non-hydrogen) atoms. The van der Waals surface area contributed by atoms with Crippen LogP contribution in [0.2, 0.25) is 0 Å². The molecule has 1 fully saturated rings. The van der Waals surface area contributed by atoms with Crippen molar-refractivity contribution in [2.24, 2.45) is 0 Å². The predicted molar refractivity (Wildman–Crippen MR) is 90.5 cm³/mol. The van der Waals surface area contributed by atoms with Crippen LogP contribution in [-0.2, 0) is 16.1 Å². The molecule has 0 heterocycles. The number of rotatable bonds is 9. The lowest BCUT2D eigenvalue weighted by atomic mass is 10.1. The van der Waals surface area contributed by atoms with Crippen molar-refractivity contribution >= 4 is 23.8 Å². The van der Waals surface area contributed by atoms with Crippen molar-refractivity contribution in [2.75, 3.05) is 12.0 Å². The summed E-state index contributed by atoms with van der Waals surface area (Å²) in [4.78, 5) is 25.4. The van der Waals surface area contributed by atoms with Gasteiger partial charge in [-0.25, -0.2) is 9.59 Å². The SMILES string of the molecule is CSCCCC(C(=O)O)N(C(=O)OCc1ccccc1)C1CC1. The summed E-state index contributed by atoms with van der Waals surface area (Å²) >= 11 is 1.68. The van der Waals surface area contributed by atoms with Gasteiger partial charge < -0.3 is 9.84 Å². The highest BCUT2D eigenvalue weighted by Gasteiger charge is 2.41. The molecular formula is C17H23NO4S. The first-order valence-corrected chi connectivity index (χ1v) is 9.23. The summed E-state index contributed by atoms with van der Waals surface area (Å²) in [6, 6.07) is 8.62. The van der Waals surface area contributed by atoms with Gasteiger partial charge in [0.2, 0.25) is 0 Å². The number of amides is 1. The van der Waals surface area contributed by atoms with Gasteiger partial charge in [-0.1, -0.05) is 30.3 Å². The van der Waals surface area contributed by atoms with Gasteiger partial charge in [0.1, 0.15) is 12.6 Å². The number of aliphatic carboxylic acids is 1. The molecule has 1 N–H and O–H groups in total. The first kappa shape index (κ1) is 17.7. The summed E-state index contributed by atoms with van der Waals surface area (Å²) < 4.78 is 5.35. The van der Waals surface area contributed by atoms with Crippen LogP contribution in [0.3, 0.4) is 0 Å². The van der Waals surface area contributed by atoms with Gasteiger partial charge in [0.05, 0.1) is 0 Å². The van der Waals surface area contributed by atoms with Crippen molar-refractivity contribution in [3.63, 3.8) is 0 Å². The Kier molecular flexibility index (Phi) is 6.77. The molecule has 1 unspecified atom stereocenters. The second kappa shape index (κ2) is 8.82. The van der Waals surface area contributed by atoms with E-state index in [2.05, 4.69) is 0 Å². The summed E-state index contributed by atoms with van der Waals surface area (Å²) in [5, 5.41) is 9.50. The third kappa shape index (κ3) is 5.46. The Morgan fingerprint density at radius 3 is 2.61 bits per heavy atom. The molecule has 0 saturated heterocycles. The molecule has 126 valence electrons. The lowest BCUT2D eigenvalue weighted by Gasteiger charge is -2.28. The zero-order valence-electron chi connectivity index (χ0n) is 13.3. The molecule has 1 aliphatic carbocycles. The summed E-state index contributed by atoms with van der Waals surface area (Å²) in [6.07, 6.45) is 4.41. The number of carboxylic acids is 1. The molecule has 1 amide bonds. The maximum absolute atomic E-state index is 12.4. The Hall–Kier alpha value is -1.69. The molecular weight excluding hydrogens is 314 g/mol. The van der Waals surface area contributed by atoms with Gasteiger partial charge in [-0.3, -0.25) is 4.90 Å². The van der Waals surface area contributed by atoms with Crippen LogP contribution in [0, 0.1) is 0 Å². The number of ether oxygens (including phenoxy) is 1. The van der Waals surface area contributed by atoms with Crippen LogP contribution < -0.4 is 0 Å². The van der Waals surface area contributed by atoms with Crippen LogP contribution in [0.1, 0.15) is 31.2 Å². The molecule has 0 spiro atoms. The van der Waals surface area contributed by atoms with Gasteiger partial charge in [0.25, 0.3) is 0 Å². The van der Waals surface area contributed by atoms with Crippen LogP contribution in [0.25, 0.3) is 0 Å². The van der Waals surface area contributed by atoms with Gasteiger partial charge in [0.15, 0.2) is 0 Å². The largest absolute Gasteiger partial charge is 0.480 e. The Labute approximate surface area is 141 Å². The number of carboxylic acid groups (broad SMARTS) is 1. The van der Waals surface area contributed by atoms with E-state index in [-0.39, 0.29) is 12.6 Å². The van der Waals surface area contributed by atoms with Gasteiger partial charge in [-0.05, 0) is 43.3 Å². The first-order valence-electron chi connectivity index (χ1n) is 7.84. The smallest absolute Gasteiger partial charge is 0.411 e. The van der Waals surface area contributed by atoms with Crippen LogP contribution in [0.4, 0.5) is 4.79 Å². The van der Waals surface area contributed by atoms with E-state index in [4.69, 9.17) is 4.74 Å². The van der Waals surface area contributed by atoms with Crippen LogP contribution >= 0.6 is 11.8 Å². The fourth-order valence-electron chi connectivity index (χ4n) is 2.48. The highest BCUT2D eigenvalue weighted by atomic mass is 32.2. The zero-order valence-corrected chi connectivity index (χ0v) is 14.1. The molecule has 1 aromatic carbocycles. The van der Waals surface area contributed by atoms with Crippen molar-refractivity contribution in [1.82, 2.24) is 4.90 Å². The Morgan fingerprint density at radius 1 is 1.35 bits per heavy atom. The van der Waals surface area contributed by atoms with E-state index in [1.165, 1.54) is 4.90 Å². The van der Waals surface area contributed by atoms with Crippen molar-refractivity contribution in [2.45, 2.75) is 44.4 Å². The van der Waals surface area contributed by atoms with E-state index < -0.39 is 18.1 Å². The average Bonchev–Trinajstić information content (AvgIpc) is 3.37. The number of hydrogen-bond acceptors (Lipinski definition) is 4. The number of carbonyl (C=O) groups excluding carboxylic acids is 1. The molecule has 0 aliphatic heterocycles. The first-order chi connectivity index (χ1) is 11.1. The molecule has 1 atom stereocenters. The number of carbonyl (C=O) groups is 2. The fourth-order valence-corrected chi connectivity index (χ4v) is 2.94. The highest BCUT2D eigenvalue weighted by molar-refractivity contribution is 7.98. The minimum atomic E-state index is -0.949. The molecule has 6 heteroatoms. The van der Waals surface area contributed by atoms with E-state index in [9.17, 15) is 14.7 Å². The molecule has 0 radical (unpaired) electrons. The fraction of sp³-hybridized carbons (Fsp3) is 0.529. The van der Waals surface area contributed by atoms with Crippen LogP contribution in [0.15, 0.2) is 30.3 Å². The lowest BCUT2D eigenvalue weighted by Crippen LogP contribution is -2.46. The third-order valence-corrected chi connectivity index (χ3v) is 4.50. The molecule has 5 nitrogen and oxygen atoms in total. The topological polar surface area (TPSA) is 66.8 Å². The molecule has 1 aliphatic rings. The number of nitrogens with zero attached hydrogens (tertiary/aromatic N) is 1. The Balaban J connectivity index is 1.97. The highest BCUT2D eigenvalue weighted by Crippen LogP contribution is 2.31. The van der Waals surface area contributed by atoms with Gasteiger partial charge in [0, 0.05) is 6.04 Å².